The van der Waals surface area contributed by atoms with Crippen molar-refractivity contribution >= 4 is 0 Å². The lowest BCUT2D eigenvalue weighted by molar-refractivity contribution is 0.235. The van der Waals surface area contributed by atoms with E-state index in [0.29, 0.717) is 5.92 Å². The molecule has 0 saturated carbocycles. The molecule has 0 radical (unpaired) electrons. The fourth-order valence-electron chi connectivity index (χ4n) is 2.67. The van der Waals surface area contributed by atoms with Gasteiger partial charge in [-0.05, 0) is 43.0 Å². The highest BCUT2D eigenvalue weighted by atomic mass is 16.5. The van der Waals surface area contributed by atoms with E-state index in [1.165, 1.54) is 38.0 Å². The fourth-order valence-corrected chi connectivity index (χ4v) is 2.67. The molecule has 1 aliphatic rings. The molecule has 1 aromatic carbocycles. The van der Waals surface area contributed by atoms with Crippen molar-refractivity contribution in [2.75, 3.05) is 39.8 Å². The zero-order chi connectivity index (χ0) is 13.5. The third-order valence-electron chi connectivity index (χ3n) is 3.98. The molecule has 1 aromatic rings. The summed E-state index contributed by atoms with van der Waals surface area (Å²) in [4.78, 5) is 2.56. The number of rotatable bonds is 6. The minimum atomic E-state index is 0.609. The van der Waals surface area contributed by atoms with Gasteiger partial charge in [0, 0.05) is 26.2 Å². The van der Waals surface area contributed by atoms with Gasteiger partial charge in [-0.3, -0.25) is 0 Å². The first-order valence-electron chi connectivity index (χ1n) is 7.36. The van der Waals surface area contributed by atoms with Crippen LogP contribution in [0.3, 0.4) is 0 Å². The third kappa shape index (κ3) is 4.51. The van der Waals surface area contributed by atoms with Crippen LogP contribution in [0.25, 0.3) is 0 Å². The van der Waals surface area contributed by atoms with E-state index in [4.69, 9.17) is 4.74 Å². The fraction of sp³-hybridized carbons (Fsp3) is 0.625. The van der Waals surface area contributed by atoms with Gasteiger partial charge < -0.3 is 15.0 Å². The zero-order valence-corrected chi connectivity index (χ0v) is 12.2. The first-order chi connectivity index (χ1) is 9.29. The van der Waals surface area contributed by atoms with Crippen molar-refractivity contribution in [2.24, 2.45) is 0 Å². The summed E-state index contributed by atoms with van der Waals surface area (Å²) < 4.78 is 5.29. The number of piperazine rings is 1. The van der Waals surface area contributed by atoms with Crippen LogP contribution in [0.4, 0.5) is 0 Å². The lowest BCUT2D eigenvalue weighted by atomic mass is 9.96. The van der Waals surface area contributed by atoms with Crippen LogP contribution < -0.4 is 10.1 Å². The van der Waals surface area contributed by atoms with Crippen LogP contribution in [0.15, 0.2) is 24.3 Å². The van der Waals surface area contributed by atoms with Crippen molar-refractivity contribution in [1.82, 2.24) is 10.2 Å². The van der Waals surface area contributed by atoms with Gasteiger partial charge in [-0.25, -0.2) is 0 Å². The van der Waals surface area contributed by atoms with Gasteiger partial charge in [0.2, 0.25) is 0 Å². The second-order valence-corrected chi connectivity index (χ2v) is 5.41. The molecule has 106 valence electrons. The zero-order valence-electron chi connectivity index (χ0n) is 12.2. The van der Waals surface area contributed by atoms with E-state index in [1.807, 2.05) is 6.07 Å². The van der Waals surface area contributed by atoms with Crippen molar-refractivity contribution in [3.8, 4) is 5.75 Å². The molecule has 1 N–H and O–H groups in total. The van der Waals surface area contributed by atoms with E-state index in [9.17, 15) is 0 Å². The van der Waals surface area contributed by atoms with Crippen LogP contribution in [0.1, 0.15) is 31.2 Å². The number of ether oxygens (including phenoxy) is 1. The van der Waals surface area contributed by atoms with Crippen LogP contribution in [0, 0.1) is 0 Å². The Bertz CT molecular complexity index is 375. The first kappa shape index (κ1) is 14.4. The quantitative estimate of drug-likeness (QED) is 0.852. The third-order valence-corrected chi connectivity index (χ3v) is 3.98. The van der Waals surface area contributed by atoms with E-state index < -0.39 is 0 Å². The highest BCUT2D eigenvalue weighted by molar-refractivity contribution is 5.30. The first-order valence-corrected chi connectivity index (χ1v) is 7.36. The molecular formula is C16H26N2O. The summed E-state index contributed by atoms with van der Waals surface area (Å²) in [5.41, 5.74) is 1.39. The molecule has 3 heteroatoms. The van der Waals surface area contributed by atoms with Crippen molar-refractivity contribution in [3.63, 3.8) is 0 Å². The molecular weight excluding hydrogens is 236 g/mol. The second-order valence-electron chi connectivity index (χ2n) is 5.41. The van der Waals surface area contributed by atoms with E-state index in [0.717, 1.165) is 18.8 Å². The molecule has 3 nitrogen and oxygen atoms in total. The summed E-state index contributed by atoms with van der Waals surface area (Å²) in [6.07, 6.45) is 2.52. The van der Waals surface area contributed by atoms with Crippen LogP contribution in [-0.2, 0) is 0 Å². The Balaban J connectivity index is 1.75. The standard InChI is InChI=1S/C16H26N2O/c1-14(15-6-3-7-16(13-15)19-2)5-4-10-18-11-8-17-9-12-18/h3,6-7,13-14,17H,4-5,8-12H2,1-2H3. The molecule has 0 amide bonds. The molecule has 1 aliphatic heterocycles. The monoisotopic (exact) mass is 262 g/mol. The molecule has 0 aliphatic carbocycles. The minimum Gasteiger partial charge on any atom is -0.497 e. The van der Waals surface area contributed by atoms with Gasteiger partial charge in [0.25, 0.3) is 0 Å². The van der Waals surface area contributed by atoms with Crippen molar-refractivity contribution in [2.45, 2.75) is 25.7 Å². The summed E-state index contributed by atoms with van der Waals surface area (Å²) in [6, 6.07) is 8.46. The summed E-state index contributed by atoms with van der Waals surface area (Å²) in [7, 11) is 1.73. The van der Waals surface area contributed by atoms with E-state index >= 15 is 0 Å². The van der Waals surface area contributed by atoms with Crippen LogP contribution in [0.2, 0.25) is 0 Å². The Morgan fingerprint density at radius 3 is 2.84 bits per heavy atom. The Morgan fingerprint density at radius 2 is 2.11 bits per heavy atom. The van der Waals surface area contributed by atoms with Gasteiger partial charge in [-0.15, -0.1) is 0 Å². The van der Waals surface area contributed by atoms with Gasteiger partial charge in [0.15, 0.2) is 0 Å². The number of hydrogen-bond donors (Lipinski definition) is 1. The van der Waals surface area contributed by atoms with Crippen LogP contribution in [-0.4, -0.2) is 44.7 Å². The number of nitrogens with zero attached hydrogens (tertiary/aromatic N) is 1. The smallest absolute Gasteiger partial charge is 0.119 e. The molecule has 1 unspecified atom stereocenters. The molecule has 0 spiro atoms. The molecule has 1 heterocycles. The topological polar surface area (TPSA) is 24.5 Å². The number of hydrogen-bond acceptors (Lipinski definition) is 3. The summed E-state index contributed by atoms with van der Waals surface area (Å²) in [5.74, 6) is 1.57. The maximum absolute atomic E-state index is 5.29. The predicted molar refractivity (Wildman–Crippen MR) is 80.0 cm³/mol. The normalized spacial score (nSPS) is 18.2. The summed E-state index contributed by atoms with van der Waals surface area (Å²) in [6.45, 7) is 8.24. The van der Waals surface area contributed by atoms with Gasteiger partial charge in [-0.1, -0.05) is 19.1 Å². The Hall–Kier alpha value is -1.06. The summed E-state index contributed by atoms with van der Waals surface area (Å²) in [5, 5.41) is 3.40. The Kier molecular flexibility index (Phi) is 5.67. The Labute approximate surface area is 116 Å². The minimum absolute atomic E-state index is 0.609. The second kappa shape index (κ2) is 7.51. The lowest BCUT2D eigenvalue weighted by Gasteiger charge is -2.27. The van der Waals surface area contributed by atoms with E-state index in [2.05, 4.69) is 35.3 Å². The Morgan fingerprint density at radius 1 is 1.32 bits per heavy atom. The maximum Gasteiger partial charge on any atom is 0.119 e. The molecule has 1 atom stereocenters. The van der Waals surface area contributed by atoms with Gasteiger partial charge in [0.05, 0.1) is 7.11 Å². The highest BCUT2D eigenvalue weighted by Crippen LogP contribution is 2.24. The van der Waals surface area contributed by atoms with Gasteiger partial charge in [0.1, 0.15) is 5.75 Å². The molecule has 1 saturated heterocycles. The number of benzene rings is 1. The van der Waals surface area contributed by atoms with Gasteiger partial charge >= 0.3 is 0 Å². The molecule has 1 fully saturated rings. The molecule has 0 bridgehead atoms. The number of methoxy groups -OCH3 is 1. The average molecular weight is 262 g/mol. The van der Waals surface area contributed by atoms with Crippen LogP contribution >= 0.6 is 0 Å². The van der Waals surface area contributed by atoms with Crippen molar-refractivity contribution in [1.29, 1.82) is 0 Å². The SMILES string of the molecule is COc1cccc(C(C)CCCN2CCNCC2)c1. The average Bonchev–Trinajstić information content (AvgIpc) is 2.48. The molecule has 0 aromatic heterocycles. The van der Waals surface area contributed by atoms with Gasteiger partial charge in [-0.2, -0.15) is 0 Å². The lowest BCUT2D eigenvalue weighted by Crippen LogP contribution is -2.43. The van der Waals surface area contributed by atoms with Crippen molar-refractivity contribution in [3.05, 3.63) is 29.8 Å². The molecule has 2 rings (SSSR count). The maximum atomic E-state index is 5.29. The number of nitrogens with one attached hydrogen (secondary N) is 1. The van der Waals surface area contributed by atoms with E-state index in [-0.39, 0.29) is 0 Å². The highest BCUT2D eigenvalue weighted by Gasteiger charge is 2.11. The summed E-state index contributed by atoms with van der Waals surface area (Å²) >= 11 is 0. The largest absolute Gasteiger partial charge is 0.497 e. The molecule has 19 heavy (non-hydrogen) atoms. The van der Waals surface area contributed by atoms with Crippen molar-refractivity contribution < 1.29 is 4.74 Å². The van der Waals surface area contributed by atoms with Crippen LogP contribution in [0.5, 0.6) is 5.75 Å². The van der Waals surface area contributed by atoms with E-state index in [1.54, 1.807) is 7.11 Å². The predicted octanol–water partition coefficient (Wildman–Crippen LogP) is 2.48.